The highest BCUT2D eigenvalue weighted by atomic mass is 16.5. The topological polar surface area (TPSA) is 85.2 Å². The normalized spacial score (nSPS) is 14.4. The number of carbonyl (C=O) groups is 1. The van der Waals surface area contributed by atoms with Crippen LogP contribution in [0.3, 0.4) is 0 Å². The molecule has 2 aromatic carbocycles. The van der Waals surface area contributed by atoms with Crippen molar-refractivity contribution in [3.63, 3.8) is 0 Å². The van der Waals surface area contributed by atoms with Gasteiger partial charge < -0.3 is 24.4 Å². The van der Waals surface area contributed by atoms with Crippen LogP contribution in [0.1, 0.15) is 17.5 Å². The summed E-state index contributed by atoms with van der Waals surface area (Å²) < 4.78 is 15.9. The second-order valence-electron chi connectivity index (χ2n) is 6.56. The van der Waals surface area contributed by atoms with Gasteiger partial charge in [0.2, 0.25) is 0 Å². The number of hydrogen-bond donors (Lipinski definition) is 2. The van der Waals surface area contributed by atoms with Gasteiger partial charge in [0.05, 0.1) is 33.0 Å². The summed E-state index contributed by atoms with van der Waals surface area (Å²) in [6.07, 6.45) is -0.0837. The van der Waals surface area contributed by atoms with E-state index in [2.05, 4.69) is 4.74 Å². The van der Waals surface area contributed by atoms with Crippen molar-refractivity contribution in [2.75, 3.05) is 13.7 Å². The first-order valence-electron chi connectivity index (χ1n) is 9.48. The Kier molecular flexibility index (Phi) is 10.1. The Morgan fingerprint density at radius 2 is 1.52 bits per heavy atom. The second-order valence-corrected chi connectivity index (χ2v) is 6.56. The Hall–Kier alpha value is -2.51. The molecule has 0 unspecified atom stereocenters. The summed E-state index contributed by atoms with van der Waals surface area (Å²) in [5, 5.41) is 21.1. The average molecular weight is 400 g/mol. The third kappa shape index (κ3) is 8.58. The highest BCUT2D eigenvalue weighted by molar-refractivity contribution is 5.81. The molecule has 0 aromatic heterocycles. The van der Waals surface area contributed by atoms with Gasteiger partial charge in [-0.15, -0.1) is 0 Å². The molecule has 0 radical (unpaired) electrons. The monoisotopic (exact) mass is 400 g/mol. The molecule has 2 rings (SSSR count). The lowest BCUT2D eigenvalue weighted by molar-refractivity contribution is -0.134. The van der Waals surface area contributed by atoms with Crippen LogP contribution in [0.2, 0.25) is 0 Å². The minimum atomic E-state index is -1.04. The summed E-state index contributed by atoms with van der Waals surface area (Å²) in [7, 11) is 1.28. The maximum Gasteiger partial charge on any atom is 0.330 e. The second kappa shape index (κ2) is 12.9. The minimum absolute atomic E-state index is 0.00608. The van der Waals surface area contributed by atoms with E-state index in [4.69, 9.17) is 9.47 Å². The van der Waals surface area contributed by atoms with Gasteiger partial charge in [0.15, 0.2) is 0 Å². The number of carbonyl (C=O) groups excluding carboxylic acids is 1. The van der Waals surface area contributed by atoms with Gasteiger partial charge in [-0.1, -0.05) is 66.7 Å². The molecule has 0 saturated carbocycles. The van der Waals surface area contributed by atoms with E-state index >= 15 is 0 Å². The van der Waals surface area contributed by atoms with Gasteiger partial charge in [-0.3, -0.25) is 0 Å². The fraction of sp³-hybridized carbons (Fsp3) is 0.348. The molecular weight excluding hydrogens is 372 g/mol. The largest absolute Gasteiger partial charge is 0.466 e. The van der Waals surface area contributed by atoms with Gasteiger partial charge in [-0.25, -0.2) is 4.79 Å². The van der Waals surface area contributed by atoms with Crippen LogP contribution in [0.5, 0.6) is 0 Å². The molecule has 156 valence electrons. The van der Waals surface area contributed by atoms with Crippen LogP contribution in [0.25, 0.3) is 0 Å². The molecule has 0 amide bonds. The van der Waals surface area contributed by atoms with E-state index in [-0.39, 0.29) is 19.6 Å². The van der Waals surface area contributed by atoms with Crippen LogP contribution < -0.4 is 0 Å². The molecule has 0 saturated heterocycles. The fourth-order valence-corrected chi connectivity index (χ4v) is 2.72. The molecule has 0 bridgehead atoms. The third-order valence-corrected chi connectivity index (χ3v) is 4.28. The lowest BCUT2D eigenvalue weighted by atomic mass is 10.0. The first-order chi connectivity index (χ1) is 14.1. The number of rotatable bonds is 12. The number of aliphatic hydroxyl groups is 2. The number of aliphatic hydroxyl groups excluding tert-OH is 2. The SMILES string of the molecule is COC(=O)/C=C/C[C@@H](O)[C@@H](OCc1ccccc1)[C@H](O)COCc1ccccc1. The van der Waals surface area contributed by atoms with Crippen molar-refractivity contribution in [2.24, 2.45) is 0 Å². The number of methoxy groups -OCH3 is 1. The van der Waals surface area contributed by atoms with Crippen molar-refractivity contribution in [1.29, 1.82) is 0 Å². The predicted molar refractivity (Wildman–Crippen MR) is 109 cm³/mol. The van der Waals surface area contributed by atoms with E-state index in [1.165, 1.54) is 19.3 Å². The first-order valence-corrected chi connectivity index (χ1v) is 9.48. The van der Waals surface area contributed by atoms with Crippen LogP contribution in [0.4, 0.5) is 0 Å². The fourth-order valence-electron chi connectivity index (χ4n) is 2.72. The molecule has 2 N–H and O–H groups in total. The van der Waals surface area contributed by atoms with Crippen molar-refractivity contribution < 1.29 is 29.2 Å². The summed E-state index contributed by atoms with van der Waals surface area (Å²) in [6.45, 7) is 0.590. The molecule has 3 atom stereocenters. The Balaban J connectivity index is 1.93. The van der Waals surface area contributed by atoms with Crippen molar-refractivity contribution in [3.8, 4) is 0 Å². The quantitative estimate of drug-likeness (QED) is 0.421. The predicted octanol–water partition coefficient (Wildman–Crippen LogP) is 2.63. The van der Waals surface area contributed by atoms with Crippen LogP contribution in [-0.4, -0.2) is 48.2 Å². The van der Waals surface area contributed by atoms with E-state index in [1.807, 2.05) is 60.7 Å². The number of benzene rings is 2. The number of hydrogen-bond acceptors (Lipinski definition) is 6. The maximum absolute atomic E-state index is 11.2. The van der Waals surface area contributed by atoms with Gasteiger partial charge in [0, 0.05) is 6.08 Å². The van der Waals surface area contributed by atoms with Gasteiger partial charge in [-0.05, 0) is 17.5 Å². The Labute approximate surface area is 171 Å². The van der Waals surface area contributed by atoms with Crippen LogP contribution in [-0.2, 0) is 32.2 Å². The van der Waals surface area contributed by atoms with Gasteiger partial charge in [0.1, 0.15) is 12.2 Å². The smallest absolute Gasteiger partial charge is 0.330 e. The molecule has 0 fully saturated rings. The molecular formula is C23H28O6. The van der Waals surface area contributed by atoms with E-state index in [0.717, 1.165) is 11.1 Å². The molecule has 6 heteroatoms. The zero-order valence-corrected chi connectivity index (χ0v) is 16.5. The Bertz CT molecular complexity index is 732. The Morgan fingerprint density at radius 1 is 0.931 bits per heavy atom. The summed E-state index contributed by atoms with van der Waals surface area (Å²) in [5.74, 6) is -0.509. The highest BCUT2D eigenvalue weighted by Gasteiger charge is 2.27. The lowest BCUT2D eigenvalue weighted by Crippen LogP contribution is -2.42. The zero-order valence-electron chi connectivity index (χ0n) is 16.5. The van der Waals surface area contributed by atoms with Gasteiger partial charge in [0.25, 0.3) is 0 Å². The summed E-state index contributed by atoms with van der Waals surface area (Å²) in [6, 6.07) is 19.1. The standard InChI is InChI=1S/C23H28O6/c1-27-22(26)14-8-13-20(24)23(29-16-19-11-6-3-7-12-19)21(25)17-28-15-18-9-4-2-5-10-18/h2-12,14,20-21,23-25H,13,15-17H2,1H3/b14-8+/t20-,21-,23-/m1/s1. The molecule has 29 heavy (non-hydrogen) atoms. The van der Waals surface area contributed by atoms with Crippen molar-refractivity contribution in [2.45, 2.75) is 37.9 Å². The van der Waals surface area contributed by atoms with Crippen LogP contribution in [0.15, 0.2) is 72.8 Å². The molecule has 0 spiro atoms. The van der Waals surface area contributed by atoms with Crippen molar-refractivity contribution in [3.05, 3.63) is 83.9 Å². The Morgan fingerprint density at radius 3 is 2.10 bits per heavy atom. The highest BCUT2D eigenvalue weighted by Crippen LogP contribution is 2.14. The van der Waals surface area contributed by atoms with E-state index in [9.17, 15) is 15.0 Å². The molecule has 0 aliphatic heterocycles. The lowest BCUT2D eigenvalue weighted by Gasteiger charge is -2.27. The summed E-state index contributed by atoms with van der Waals surface area (Å²) in [4.78, 5) is 11.2. The molecule has 0 heterocycles. The van der Waals surface area contributed by atoms with Gasteiger partial charge in [-0.2, -0.15) is 0 Å². The van der Waals surface area contributed by atoms with E-state index in [1.54, 1.807) is 0 Å². The average Bonchev–Trinajstić information content (AvgIpc) is 2.75. The molecule has 0 aliphatic rings. The third-order valence-electron chi connectivity index (χ3n) is 4.28. The maximum atomic E-state index is 11.2. The first kappa shape index (κ1) is 22.8. The van der Waals surface area contributed by atoms with Crippen molar-refractivity contribution in [1.82, 2.24) is 0 Å². The van der Waals surface area contributed by atoms with Gasteiger partial charge >= 0.3 is 5.97 Å². The van der Waals surface area contributed by atoms with Crippen LogP contribution >= 0.6 is 0 Å². The summed E-state index contributed by atoms with van der Waals surface area (Å²) in [5.41, 5.74) is 1.91. The van der Waals surface area contributed by atoms with Crippen molar-refractivity contribution >= 4 is 5.97 Å². The zero-order chi connectivity index (χ0) is 20.9. The van der Waals surface area contributed by atoms with E-state index in [0.29, 0.717) is 6.61 Å². The minimum Gasteiger partial charge on any atom is -0.466 e. The molecule has 0 aliphatic carbocycles. The molecule has 2 aromatic rings. The van der Waals surface area contributed by atoms with Crippen LogP contribution in [0, 0.1) is 0 Å². The molecule has 6 nitrogen and oxygen atoms in total. The summed E-state index contributed by atoms with van der Waals surface area (Å²) >= 11 is 0. The van der Waals surface area contributed by atoms with E-state index < -0.39 is 24.3 Å². The number of esters is 1. The number of ether oxygens (including phenoxy) is 3.